The fourth-order valence-corrected chi connectivity index (χ4v) is 4.63. The summed E-state index contributed by atoms with van der Waals surface area (Å²) in [7, 11) is 0. The van der Waals surface area contributed by atoms with Gasteiger partial charge in [-0.1, -0.05) is 17.4 Å². The Kier molecular flexibility index (Phi) is 6.43. The Bertz CT molecular complexity index is 1280. The van der Waals surface area contributed by atoms with Gasteiger partial charge in [0.2, 0.25) is 5.43 Å². The number of nitrogens with zero attached hydrogens (tertiary/aromatic N) is 5. The largest absolute Gasteiger partial charge is 0.503 e. The summed E-state index contributed by atoms with van der Waals surface area (Å²) in [5.74, 6) is -2.50. The molecule has 5 rings (SSSR count). The summed E-state index contributed by atoms with van der Waals surface area (Å²) in [4.78, 5) is 25.7. The van der Waals surface area contributed by atoms with E-state index in [0.717, 1.165) is 23.5 Å². The van der Waals surface area contributed by atoms with Gasteiger partial charge in [0.1, 0.15) is 16.6 Å². The third-order valence-electron chi connectivity index (χ3n) is 5.35. The summed E-state index contributed by atoms with van der Waals surface area (Å²) in [6, 6.07) is 3.27. The van der Waals surface area contributed by atoms with Gasteiger partial charge >= 0.3 is 0 Å². The van der Waals surface area contributed by atoms with Crippen LogP contribution < -0.4 is 5.43 Å². The highest BCUT2D eigenvalue weighted by Gasteiger charge is 2.35. The van der Waals surface area contributed by atoms with Crippen molar-refractivity contribution < 1.29 is 23.4 Å². The Morgan fingerprint density at radius 2 is 1.94 bits per heavy atom. The molecular weight excluding hydrogens is 480 g/mol. The van der Waals surface area contributed by atoms with Crippen molar-refractivity contribution in [3.05, 3.63) is 62.5 Å². The second kappa shape index (κ2) is 9.14. The zero-order chi connectivity index (χ0) is 22.4. The molecule has 174 valence electrons. The number of aromatic hydroxyl groups is 1. The van der Waals surface area contributed by atoms with Crippen molar-refractivity contribution in [2.75, 3.05) is 26.3 Å². The molecule has 2 aromatic heterocycles. The van der Waals surface area contributed by atoms with Gasteiger partial charge in [0.25, 0.3) is 5.91 Å². The number of rotatable bonds is 3. The first kappa shape index (κ1) is 23.2. The topological polar surface area (TPSA) is 101 Å². The van der Waals surface area contributed by atoms with E-state index < -0.39 is 28.7 Å². The lowest BCUT2D eigenvalue weighted by atomic mass is 10.1. The number of carbonyl (C=O) groups excluding carboxylic acids is 1. The third kappa shape index (κ3) is 4.22. The minimum atomic E-state index is -0.736. The number of amides is 1. The van der Waals surface area contributed by atoms with Crippen molar-refractivity contribution in [1.29, 1.82) is 0 Å². The van der Waals surface area contributed by atoms with Crippen molar-refractivity contribution >= 4 is 29.7 Å². The zero-order valence-electron chi connectivity index (χ0n) is 17.0. The molecule has 0 atom stereocenters. The quantitative estimate of drug-likeness (QED) is 0.591. The Morgan fingerprint density at radius 3 is 2.73 bits per heavy atom. The van der Waals surface area contributed by atoms with Gasteiger partial charge in [-0.25, -0.2) is 8.78 Å². The van der Waals surface area contributed by atoms with Crippen LogP contribution in [0, 0.1) is 11.6 Å². The molecule has 13 heteroatoms. The van der Waals surface area contributed by atoms with E-state index in [0.29, 0.717) is 31.3 Å². The van der Waals surface area contributed by atoms with E-state index in [1.54, 1.807) is 5.01 Å². The van der Waals surface area contributed by atoms with Crippen LogP contribution in [0.3, 0.4) is 0 Å². The Morgan fingerprint density at radius 1 is 1.15 bits per heavy atom. The average molecular weight is 498 g/mol. The smallest absolute Gasteiger partial charge is 0.288 e. The summed E-state index contributed by atoms with van der Waals surface area (Å²) in [5.41, 5.74) is -0.495. The molecule has 2 aliphatic rings. The monoisotopic (exact) mass is 497 g/mol. The van der Waals surface area contributed by atoms with Crippen LogP contribution in [0.15, 0.2) is 29.2 Å². The Balaban J connectivity index is 0.00000259. The minimum absolute atomic E-state index is 0. The maximum Gasteiger partial charge on any atom is 0.288 e. The summed E-state index contributed by atoms with van der Waals surface area (Å²) >= 11 is 1.06. The highest BCUT2D eigenvalue weighted by atomic mass is 35.5. The molecule has 4 heterocycles. The van der Waals surface area contributed by atoms with Crippen molar-refractivity contribution in [1.82, 2.24) is 24.8 Å². The first-order valence-electron chi connectivity index (χ1n) is 9.80. The van der Waals surface area contributed by atoms with E-state index in [1.165, 1.54) is 21.8 Å². The minimum Gasteiger partial charge on any atom is -0.503 e. The van der Waals surface area contributed by atoms with E-state index in [9.17, 15) is 23.5 Å². The Labute approximate surface area is 196 Å². The fourth-order valence-electron chi connectivity index (χ4n) is 3.76. The molecule has 0 unspecified atom stereocenters. The molecular formula is C20H18ClF2N5O4S. The summed E-state index contributed by atoms with van der Waals surface area (Å²) < 4.78 is 34.0. The summed E-state index contributed by atoms with van der Waals surface area (Å²) in [6.07, 6.45) is 1.55. The van der Waals surface area contributed by atoms with Crippen molar-refractivity contribution in [3.8, 4) is 16.3 Å². The number of ether oxygens (including phenoxy) is 1. The number of benzene rings is 1. The molecule has 0 bridgehead atoms. The molecule has 2 aliphatic heterocycles. The molecule has 0 saturated carbocycles. The molecule has 9 nitrogen and oxygen atoms in total. The number of aromatic nitrogens is 3. The van der Waals surface area contributed by atoms with Crippen LogP contribution in [0.25, 0.3) is 10.6 Å². The van der Waals surface area contributed by atoms with Gasteiger partial charge in [-0.2, -0.15) is 5.01 Å². The number of hydrogen-bond acceptors (Lipinski definition) is 8. The first-order chi connectivity index (χ1) is 15.4. The normalized spacial score (nSPS) is 16.1. The van der Waals surface area contributed by atoms with Crippen LogP contribution in [0.5, 0.6) is 5.75 Å². The van der Waals surface area contributed by atoms with Crippen LogP contribution in [0.1, 0.15) is 21.1 Å². The predicted octanol–water partition coefficient (Wildman–Crippen LogP) is 2.02. The molecule has 0 spiro atoms. The number of pyridine rings is 1. The Hall–Kier alpha value is -2.93. The molecule has 1 amide bonds. The maximum absolute atomic E-state index is 14.0. The van der Waals surface area contributed by atoms with Crippen LogP contribution in [0.2, 0.25) is 0 Å². The van der Waals surface area contributed by atoms with Gasteiger partial charge in [-0.15, -0.1) is 22.6 Å². The highest BCUT2D eigenvalue weighted by Crippen LogP contribution is 2.29. The average Bonchev–Trinajstić information content (AvgIpc) is 3.09. The van der Waals surface area contributed by atoms with Crippen LogP contribution in [0.4, 0.5) is 8.78 Å². The van der Waals surface area contributed by atoms with Gasteiger partial charge in [0.05, 0.1) is 32.0 Å². The lowest BCUT2D eigenvalue weighted by molar-refractivity contribution is -0.0349. The third-order valence-corrected chi connectivity index (χ3v) is 6.30. The van der Waals surface area contributed by atoms with Gasteiger partial charge in [0, 0.05) is 25.2 Å². The lowest BCUT2D eigenvalue weighted by Crippen LogP contribution is -2.53. The number of halogens is 3. The van der Waals surface area contributed by atoms with Crippen LogP contribution in [-0.2, 0) is 17.8 Å². The van der Waals surface area contributed by atoms with Gasteiger partial charge < -0.3 is 14.4 Å². The second-order valence-electron chi connectivity index (χ2n) is 7.36. The summed E-state index contributed by atoms with van der Waals surface area (Å²) in [5, 5.41) is 22.5. The van der Waals surface area contributed by atoms with Crippen molar-refractivity contribution in [2.45, 2.75) is 13.1 Å². The van der Waals surface area contributed by atoms with Crippen molar-refractivity contribution in [2.24, 2.45) is 0 Å². The molecule has 1 aromatic carbocycles. The zero-order valence-corrected chi connectivity index (χ0v) is 18.7. The molecule has 1 fully saturated rings. The predicted molar refractivity (Wildman–Crippen MR) is 116 cm³/mol. The van der Waals surface area contributed by atoms with Gasteiger partial charge in [-0.05, 0) is 11.6 Å². The number of hydrazine groups is 1. The van der Waals surface area contributed by atoms with Gasteiger partial charge in [0.15, 0.2) is 16.5 Å². The molecule has 3 aromatic rings. The second-order valence-corrected chi connectivity index (χ2v) is 8.43. The molecule has 33 heavy (non-hydrogen) atoms. The molecule has 0 aliphatic carbocycles. The highest BCUT2D eigenvalue weighted by molar-refractivity contribution is 7.14. The number of hydrogen-bond donors (Lipinski definition) is 1. The van der Waals surface area contributed by atoms with Crippen LogP contribution >= 0.6 is 23.7 Å². The SMILES string of the molecule is Cl.O=C1c2c(O)c(=O)c(-c3nnc(Cc4ccc(F)cc4F)s3)cn2CN2CCOCCN12. The lowest BCUT2D eigenvalue weighted by Gasteiger charge is -2.38. The fraction of sp³-hybridized carbons (Fsp3) is 0.300. The number of fused-ring (bicyclic) bond motifs is 2. The van der Waals surface area contributed by atoms with E-state index in [-0.39, 0.29) is 47.3 Å². The van der Waals surface area contributed by atoms with E-state index >= 15 is 0 Å². The maximum atomic E-state index is 14.0. The summed E-state index contributed by atoms with van der Waals surface area (Å²) in [6.45, 7) is 1.89. The van der Waals surface area contributed by atoms with E-state index in [4.69, 9.17) is 4.74 Å². The molecule has 1 saturated heterocycles. The van der Waals surface area contributed by atoms with E-state index in [2.05, 4.69) is 10.2 Å². The number of carbonyl (C=O) groups is 1. The molecule has 0 radical (unpaired) electrons. The molecule has 1 N–H and O–H groups in total. The van der Waals surface area contributed by atoms with Gasteiger partial charge in [-0.3, -0.25) is 14.6 Å². The van der Waals surface area contributed by atoms with Crippen molar-refractivity contribution in [3.63, 3.8) is 0 Å². The standard InChI is InChI=1S/C20H17F2N5O4S.ClH/c21-12-2-1-11(14(22)8-12)7-15-23-24-19(32-15)13-9-25-10-26-3-5-31-6-4-27(26)20(30)16(25)18(29)17(13)28;/h1-2,8-9,29H,3-7,10H2;1H. The van der Waals surface area contributed by atoms with E-state index in [1.807, 2.05) is 0 Å². The van der Waals surface area contributed by atoms with Crippen LogP contribution in [-0.4, -0.2) is 62.1 Å². The first-order valence-corrected chi connectivity index (χ1v) is 10.6.